The minimum atomic E-state index is -0.826. The highest BCUT2D eigenvalue weighted by molar-refractivity contribution is 5.67. The minimum Gasteiger partial charge on any atom is -0.481 e. The SMILES string of the molecule is C=CCNc1ccc2nc(CCC(=O)O)cn2n1. The van der Waals surface area contributed by atoms with Gasteiger partial charge in [-0.25, -0.2) is 9.50 Å². The van der Waals surface area contributed by atoms with Crippen LogP contribution in [0.3, 0.4) is 0 Å². The van der Waals surface area contributed by atoms with E-state index in [2.05, 4.69) is 22.0 Å². The summed E-state index contributed by atoms with van der Waals surface area (Å²) in [5, 5.41) is 16.0. The zero-order valence-electron chi connectivity index (χ0n) is 9.83. The molecule has 0 saturated carbocycles. The molecule has 0 aliphatic rings. The lowest BCUT2D eigenvalue weighted by molar-refractivity contribution is -0.136. The van der Waals surface area contributed by atoms with E-state index in [0.717, 1.165) is 11.5 Å². The Morgan fingerprint density at radius 2 is 2.39 bits per heavy atom. The van der Waals surface area contributed by atoms with Crippen LogP contribution in [0.15, 0.2) is 31.0 Å². The molecule has 6 heteroatoms. The predicted molar refractivity (Wildman–Crippen MR) is 67.6 cm³/mol. The van der Waals surface area contributed by atoms with E-state index in [9.17, 15) is 4.79 Å². The second-order valence-electron chi connectivity index (χ2n) is 3.82. The number of rotatable bonds is 6. The van der Waals surface area contributed by atoms with E-state index >= 15 is 0 Å². The minimum absolute atomic E-state index is 0.0749. The van der Waals surface area contributed by atoms with Gasteiger partial charge < -0.3 is 10.4 Å². The first-order valence-electron chi connectivity index (χ1n) is 5.61. The van der Waals surface area contributed by atoms with Crippen molar-refractivity contribution in [2.45, 2.75) is 12.8 Å². The average molecular weight is 246 g/mol. The topological polar surface area (TPSA) is 79.5 Å². The molecule has 6 nitrogen and oxygen atoms in total. The summed E-state index contributed by atoms with van der Waals surface area (Å²) < 4.78 is 1.64. The van der Waals surface area contributed by atoms with E-state index in [1.807, 2.05) is 12.1 Å². The van der Waals surface area contributed by atoms with Crippen molar-refractivity contribution >= 4 is 17.4 Å². The summed E-state index contributed by atoms with van der Waals surface area (Å²) in [5.74, 6) is -0.0991. The van der Waals surface area contributed by atoms with Crippen molar-refractivity contribution in [3.05, 3.63) is 36.7 Å². The number of carbonyl (C=O) groups is 1. The summed E-state index contributed by atoms with van der Waals surface area (Å²) in [4.78, 5) is 14.8. The van der Waals surface area contributed by atoms with Crippen LogP contribution in [0.5, 0.6) is 0 Å². The Morgan fingerprint density at radius 1 is 1.56 bits per heavy atom. The summed E-state index contributed by atoms with van der Waals surface area (Å²) in [5.41, 5.74) is 1.44. The summed E-state index contributed by atoms with van der Waals surface area (Å²) in [6.07, 6.45) is 3.98. The van der Waals surface area contributed by atoms with E-state index in [1.165, 1.54) is 0 Å². The smallest absolute Gasteiger partial charge is 0.303 e. The molecule has 2 rings (SSSR count). The molecule has 0 bridgehead atoms. The van der Waals surface area contributed by atoms with Gasteiger partial charge in [0.05, 0.1) is 18.3 Å². The number of aryl methyl sites for hydroxylation is 1. The zero-order valence-corrected chi connectivity index (χ0v) is 9.83. The third kappa shape index (κ3) is 2.85. The highest BCUT2D eigenvalue weighted by atomic mass is 16.4. The van der Waals surface area contributed by atoms with Crippen molar-refractivity contribution in [1.29, 1.82) is 0 Å². The molecule has 0 aromatic carbocycles. The second kappa shape index (κ2) is 5.31. The fourth-order valence-electron chi connectivity index (χ4n) is 1.56. The Kier molecular flexibility index (Phi) is 3.57. The maximum absolute atomic E-state index is 10.5. The zero-order chi connectivity index (χ0) is 13.0. The van der Waals surface area contributed by atoms with Crippen molar-refractivity contribution in [2.75, 3.05) is 11.9 Å². The first-order chi connectivity index (χ1) is 8.69. The van der Waals surface area contributed by atoms with E-state index in [0.29, 0.717) is 18.6 Å². The molecule has 2 heterocycles. The lowest BCUT2D eigenvalue weighted by atomic mass is 10.2. The number of nitrogens with one attached hydrogen (secondary N) is 1. The van der Waals surface area contributed by atoms with Crippen LogP contribution >= 0.6 is 0 Å². The monoisotopic (exact) mass is 246 g/mol. The van der Waals surface area contributed by atoms with Gasteiger partial charge in [-0.2, -0.15) is 0 Å². The van der Waals surface area contributed by atoms with E-state index < -0.39 is 5.97 Å². The average Bonchev–Trinajstić information content (AvgIpc) is 2.75. The van der Waals surface area contributed by atoms with Crippen LogP contribution in [0.1, 0.15) is 12.1 Å². The molecule has 0 spiro atoms. The Balaban J connectivity index is 2.17. The fourth-order valence-corrected chi connectivity index (χ4v) is 1.56. The maximum atomic E-state index is 10.5. The van der Waals surface area contributed by atoms with Gasteiger partial charge in [0.2, 0.25) is 0 Å². The highest BCUT2D eigenvalue weighted by Gasteiger charge is 2.05. The van der Waals surface area contributed by atoms with Gasteiger partial charge in [0.1, 0.15) is 5.82 Å². The highest BCUT2D eigenvalue weighted by Crippen LogP contribution is 2.09. The molecule has 2 N–H and O–H groups in total. The normalized spacial score (nSPS) is 10.4. The quantitative estimate of drug-likeness (QED) is 0.752. The van der Waals surface area contributed by atoms with Gasteiger partial charge in [-0.1, -0.05) is 6.08 Å². The number of fused-ring (bicyclic) bond motifs is 1. The molecule has 0 fully saturated rings. The molecule has 18 heavy (non-hydrogen) atoms. The number of hydrogen-bond donors (Lipinski definition) is 2. The summed E-state index contributed by atoms with van der Waals surface area (Å²) >= 11 is 0. The van der Waals surface area contributed by atoms with E-state index in [4.69, 9.17) is 5.11 Å². The number of carboxylic acid groups (broad SMARTS) is 1. The van der Waals surface area contributed by atoms with Gasteiger partial charge in [0.15, 0.2) is 5.65 Å². The first kappa shape index (κ1) is 12.1. The van der Waals surface area contributed by atoms with Gasteiger partial charge in [-0.3, -0.25) is 4.79 Å². The van der Waals surface area contributed by atoms with Crippen molar-refractivity contribution < 1.29 is 9.90 Å². The summed E-state index contributed by atoms with van der Waals surface area (Å²) in [7, 11) is 0. The van der Waals surface area contributed by atoms with Crippen LogP contribution in [-0.4, -0.2) is 32.2 Å². The van der Waals surface area contributed by atoms with Gasteiger partial charge >= 0.3 is 5.97 Å². The molecule has 0 saturated heterocycles. The molecule has 0 aliphatic heterocycles. The van der Waals surface area contributed by atoms with Crippen molar-refractivity contribution in [3.8, 4) is 0 Å². The van der Waals surface area contributed by atoms with E-state index in [-0.39, 0.29) is 6.42 Å². The molecule has 94 valence electrons. The van der Waals surface area contributed by atoms with Gasteiger partial charge in [-0.05, 0) is 12.1 Å². The standard InChI is InChI=1S/C12H14N4O2/c1-2-7-13-10-4-5-11-14-9(3-6-12(17)18)8-16(11)15-10/h2,4-5,8H,1,3,6-7H2,(H,13,15)(H,17,18). The Hall–Kier alpha value is -2.37. The summed E-state index contributed by atoms with van der Waals surface area (Å²) in [6.45, 7) is 4.26. The third-order valence-corrected chi connectivity index (χ3v) is 2.39. The van der Waals surface area contributed by atoms with Gasteiger partial charge in [-0.15, -0.1) is 11.7 Å². The molecule has 2 aromatic rings. The van der Waals surface area contributed by atoms with Crippen molar-refractivity contribution in [2.24, 2.45) is 0 Å². The van der Waals surface area contributed by atoms with Crippen LogP contribution in [0.2, 0.25) is 0 Å². The molecular formula is C12H14N4O2. The first-order valence-corrected chi connectivity index (χ1v) is 5.61. The van der Waals surface area contributed by atoms with Gasteiger partial charge in [0.25, 0.3) is 0 Å². The largest absolute Gasteiger partial charge is 0.481 e. The fraction of sp³-hybridized carbons (Fsp3) is 0.250. The lowest BCUT2D eigenvalue weighted by Gasteiger charge is -2.01. The van der Waals surface area contributed by atoms with Gasteiger partial charge in [0, 0.05) is 13.0 Å². The third-order valence-electron chi connectivity index (χ3n) is 2.39. The van der Waals surface area contributed by atoms with Crippen LogP contribution in [0.25, 0.3) is 5.65 Å². The van der Waals surface area contributed by atoms with E-state index in [1.54, 1.807) is 16.8 Å². The van der Waals surface area contributed by atoms with Crippen LogP contribution in [0, 0.1) is 0 Å². The Bertz CT molecular complexity index is 576. The van der Waals surface area contributed by atoms with Crippen molar-refractivity contribution in [3.63, 3.8) is 0 Å². The molecule has 0 unspecified atom stereocenters. The number of hydrogen-bond acceptors (Lipinski definition) is 4. The van der Waals surface area contributed by atoms with Crippen molar-refractivity contribution in [1.82, 2.24) is 14.6 Å². The molecule has 0 amide bonds. The molecule has 0 radical (unpaired) electrons. The number of aromatic nitrogens is 3. The number of aliphatic carboxylic acids is 1. The number of carboxylic acids is 1. The molecule has 2 aromatic heterocycles. The maximum Gasteiger partial charge on any atom is 0.303 e. The summed E-state index contributed by atoms with van der Waals surface area (Å²) in [6, 6.07) is 3.66. The number of nitrogens with zero attached hydrogens (tertiary/aromatic N) is 3. The molecular weight excluding hydrogens is 232 g/mol. The predicted octanol–water partition coefficient (Wildman–Crippen LogP) is 1.34. The molecule has 0 aliphatic carbocycles. The van der Waals surface area contributed by atoms with Crippen LogP contribution < -0.4 is 5.32 Å². The number of imidazole rings is 1. The van der Waals surface area contributed by atoms with Crippen LogP contribution in [-0.2, 0) is 11.2 Å². The Morgan fingerprint density at radius 3 is 3.11 bits per heavy atom. The lowest BCUT2D eigenvalue weighted by Crippen LogP contribution is -2.02. The van der Waals surface area contributed by atoms with Crippen LogP contribution in [0.4, 0.5) is 5.82 Å². The molecule has 0 atom stereocenters. The number of anilines is 1. The second-order valence-corrected chi connectivity index (χ2v) is 3.82. The Labute approximate surface area is 104 Å².